The molecule has 0 spiro atoms. The summed E-state index contributed by atoms with van der Waals surface area (Å²) in [6, 6.07) is 0.670. The Hall–Kier alpha value is -0.570. The minimum absolute atomic E-state index is 0.0968. The third kappa shape index (κ3) is 3.21. The second-order valence-corrected chi connectivity index (χ2v) is 6.31. The van der Waals surface area contributed by atoms with E-state index in [0.29, 0.717) is 6.04 Å². The molecule has 98 valence electrons. The van der Waals surface area contributed by atoms with Crippen LogP contribution in [0.4, 0.5) is 0 Å². The maximum absolute atomic E-state index is 10.8. The van der Waals surface area contributed by atoms with Crippen molar-refractivity contribution in [3.63, 3.8) is 0 Å². The van der Waals surface area contributed by atoms with Gasteiger partial charge in [0, 0.05) is 19.1 Å². The molecule has 1 saturated heterocycles. The van der Waals surface area contributed by atoms with Gasteiger partial charge in [0.15, 0.2) is 0 Å². The van der Waals surface area contributed by atoms with E-state index in [1.807, 2.05) is 0 Å². The van der Waals surface area contributed by atoms with Gasteiger partial charge >= 0.3 is 5.97 Å². The molecule has 1 aliphatic carbocycles. The zero-order valence-electron chi connectivity index (χ0n) is 11.1. The van der Waals surface area contributed by atoms with Gasteiger partial charge in [-0.1, -0.05) is 26.7 Å². The Morgan fingerprint density at radius 1 is 1.35 bits per heavy atom. The molecule has 2 atom stereocenters. The van der Waals surface area contributed by atoms with Gasteiger partial charge in [-0.3, -0.25) is 9.69 Å². The highest BCUT2D eigenvalue weighted by Crippen LogP contribution is 2.34. The zero-order valence-corrected chi connectivity index (χ0v) is 11.1. The predicted molar refractivity (Wildman–Crippen MR) is 67.9 cm³/mol. The van der Waals surface area contributed by atoms with Crippen molar-refractivity contribution in [3.8, 4) is 0 Å². The number of carboxylic acid groups (broad SMARTS) is 1. The fourth-order valence-corrected chi connectivity index (χ4v) is 3.44. The molecule has 1 N–H and O–H groups in total. The van der Waals surface area contributed by atoms with E-state index < -0.39 is 5.97 Å². The number of rotatable bonds is 4. The summed E-state index contributed by atoms with van der Waals surface area (Å²) in [5.74, 6) is 0.954. The maximum atomic E-state index is 10.8. The highest BCUT2D eigenvalue weighted by molar-refractivity contribution is 5.71. The highest BCUT2D eigenvalue weighted by Gasteiger charge is 2.38. The van der Waals surface area contributed by atoms with Crippen molar-refractivity contribution in [2.45, 2.75) is 52.0 Å². The summed E-state index contributed by atoms with van der Waals surface area (Å²) < 4.78 is 0. The highest BCUT2D eigenvalue weighted by atomic mass is 16.4. The van der Waals surface area contributed by atoms with Crippen LogP contribution in [0.2, 0.25) is 0 Å². The van der Waals surface area contributed by atoms with Crippen LogP contribution in [0, 0.1) is 17.8 Å². The first kappa shape index (κ1) is 12.9. The molecule has 1 aliphatic heterocycles. The summed E-state index contributed by atoms with van der Waals surface area (Å²) >= 11 is 0. The first-order valence-electron chi connectivity index (χ1n) is 7.03. The van der Waals surface area contributed by atoms with Crippen LogP contribution >= 0.6 is 0 Å². The molecule has 17 heavy (non-hydrogen) atoms. The number of aliphatic carboxylic acids is 1. The molecule has 2 rings (SSSR count). The molecule has 0 aromatic heterocycles. The molecule has 3 heteroatoms. The van der Waals surface area contributed by atoms with Crippen molar-refractivity contribution in [2.24, 2.45) is 17.8 Å². The van der Waals surface area contributed by atoms with Gasteiger partial charge in [-0.25, -0.2) is 0 Å². The number of nitrogens with zero attached hydrogens (tertiary/aromatic N) is 1. The molecule has 2 unspecified atom stereocenters. The molecule has 2 aliphatic rings. The number of hydrogen-bond acceptors (Lipinski definition) is 2. The summed E-state index contributed by atoms with van der Waals surface area (Å²) in [7, 11) is 0. The lowest BCUT2D eigenvalue weighted by atomic mass is 9.79. The molecule has 0 radical (unpaired) electrons. The summed E-state index contributed by atoms with van der Waals surface area (Å²) in [5.41, 5.74) is 0. The van der Waals surface area contributed by atoms with Crippen LogP contribution < -0.4 is 0 Å². The van der Waals surface area contributed by atoms with Crippen LogP contribution in [0.25, 0.3) is 0 Å². The van der Waals surface area contributed by atoms with Gasteiger partial charge in [0.2, 0.25) is 0 Å². The standard InChI is InChI=1S/C14H25NO2/c1-10(2)6-11-4-3-5-13(7-11)15-8-12(9-15)14(16)17/h10-13H,3-9H2,1-2H3,(H,16,17). The lowest BCUT2D eigenvalue weighted by Crippen LogP contribution is -2.55. The van der Waals surface area contributed by atoms with E-state index in [2.05, 4.69) is 18.7 Å². The molecule has 1 heterocycles. The second-order valence-electron chi connectivity index (χ2n) is 6.31. The Morgan fingerprint density at radius 3 is 2.65 bits per heavy atom. The van der Waals surface area contributed by atoms with Crippen molar-refractivity contribution >= 4 is 5.97 Å². The molecule has 2 fully saturated rings. The van der Waals surface area contributed by atoms with Gasteiger partial charge in [0.25, 0.3) is 0 Å². The van der Waals surface area contributed by atoms with Crippen LogP contribution in [0.15, 0.2) is 0 Å². The Bertz CT molecular complexity index is 271. The van der Waals surface area contributed by atoms with Gasteiger partial charge in [-0.05, 0) is 31.1 Å². The first-order chi connectivity index (χ1) is 8.06. The van der Waals surface area contributed by atoms with Crippen LogP contribution in [0.1, 0.15) is 46.0 Å². The van der Waals surface area contributed by atoms with Crippen LogP contribution in [0.3, 0.4) is 0 Å². The maximum Gasteiger partial charge on any atom is 0.309 e. The number of likely N-dealkylation sites (tertiary alicyclic amines) is 1. The van der Waals surface area contributed by atoms with Gasteiger partial charge in [-0.2, -0.15) is 0 Å². The predicted octanol–water partition coefficient (Wildman–Crippen LogP) is 2.61. The minimum atomic E-state index is -0.615. The molecule has 0 amide bonds. The van der Waals surface area contributed by atoms with Crippen LogP contribution in [0.5, 0.6) is 0 Å². The van der Waals surface area contributed by atoms with Crippen molar-refractivity contribution in [1.82, 2.24) is 4.90 Å². The topological polar surface area (TPSA) is 40.5 Å². The SMILES string of the molecule is CC(C)CC1CCCC(N2CC(C(=O)O)C2)C1. The average molecular weight is 239 g/mol. The molecule has 0 bridgehead atoms. The quantitative estimate of drug-likeness (QED) is 0.820. The van der Waals surface area contributed by atoms with Crippen LogP contribution in [-0.2, 0) is 4.79 Å². The summed E-state index contributed by atoms with van der Waals surface area (Å²) in [6.45, 7) is 6.17. The van der Waals surface area contributed by atoms with Gasteiger partial charge in [-0.15, -0.1) is 0 Å². The van der Waals surface area contributed by atoms with Gasteiger partial charge in [0.05, 0.1) is 5.92 Å². The largest absolute Gasteiger partial charge is 0.481 e. The Balaban J connectivity index is 1.77. The molecule has 3 nitrogen and oxygen atoms in total. The van der Waals surface area contributed by atoms with E-state index in [1.54, 1.807) is 0 Å². The summed E-state index contributed by atoms with van der Waals surface area (Å²) in [6.07, 6.45) is 6.62. The molecule has 0 aromatic carbocycles. The van der Waals surface area contributed by atoms with E-state index >= 15 is 0 Å². The monoisotopic (exact) mass is 239 g/mol. The Morgan fingerprint density at radius 2 is 2.06 bits per heavy atom. The third-order valence-electron chi connectivity index (χ3n) is 4.34. The fraction of sp³-hybridized carbons (Fsp3) is 0.929. The molecule has 0 aromatic rings. The van der Waals surface area contributed by atoms with Gasteiger partial charge in [0.1, 0.15) is 0 Å². The van der Waals surface area contributed by atoms with Crippen molar-refractivity contribution < 1.29 is 9.90 Å². The second kappa shape index (κ2) is 5.38. The molecular weight excluding hydrogens is 214 g/mol. The Labute approximate surface area is 104 Å². The van der Waals surface area contributed by atoms with Gasteiger partial charge < -0.3 is 5.11 Å². The Kier molecular flexibility index (Phi) is 4.08. The summed E-state index contributed by atoms with van der Waals surface area (Å²) in [4.78, 5) is 13.2. The molecule has 1 saturated carbocycles. The van der Waals surface area contributed by atoms with Crippen LogP contribution in [-0.4, -0.2) is 35.1 Å². The van der Waals surface area contributed by atoms with E-state index in [-0.39, 0.29) is 5.92 Å². The first-order valence-corrected chi connectivity index (χ1v) is 7.03. The minimum Gasteiger partial charge on any atom is -0.481 e. The van der Waals surface area contributed by atoms with E-state index in [1.165, 1.54) is 32.1 Å². The number of carbonyl (C=O) groups is 1. The lowest BCUT2D eigenvalue weighted by Gasteiger charge is -2.45. The van der Waals surface area contributed by atoms with E-state index in [4.69, 9.17) is 5.11 Å². The van der Waals surface area contributed by atoms with Crippen molar-refractivity contribution in [1.29, 1.82) is 0 Å². The molecular formula is C14H25NO2. The van der Waals surface area contributed by atoms with E-state index in [0.717, 1.165) is 24.9 Å². The normalized spacial score (nSPS) is 31.5. The number of carboxylic acids is 1. The van der Waals surface area contributed by atoms with E-state index in [9.17, 15) is 4.79 Å². The van der Waals surface area contributed by atoms with Crippen molar-refractivity contribution in [2.75, 3.05) is 13.1 Å². The average Bonchev–Trinajstić information content (AvgIpc) is 2.13. The third-order valence-corrected chi connectivity index (χ3v) is 4.34. The number of hydrogen-bond donors (Lipinski definition) is 1. The lowest BCUT2D eigenvalue weighted by molar-refractivity contribution is -0.149. The fourth-order valence-electron chi connectivity index (χ4n) is 3.44. The van der Waals surface area contributed by atoms with Crippen molar-refractivity contribution in [3.05, 3.63) is 0 Å². The zero-order chi connectivity index (χ0) is 12.4. The smallest absolute Gasteiger partial charge is 0.309 e. The summed E-state index contributed by atoms with van der Waals surface area (Å²) in [5, 5.41) is 8.89.